The molecule has 2 amide bonds. The van der Waals surface area contributed by atoms with Crippen LogP contribution in [0.3, 0.4) is 0 Å². The van der Waals surface area contributed by atoms with E-state index in [1.165, 1.54) is 0 Å². The van der Waals surface area contributed by atoms with Crippen LogP contribution in [-0.4, -0.2) is 17.5 Å². The first-order chi connectivity index (χ1) is 15.1. The van der Waals surface area contributed by atoms with Crippen molar-refractivity contribution < 1.29 is 4.79 Å². The summed E-state index contributed by atoms with van der Waals surface area (Å²) in [5, 5.41) is 8.07. The van der Waals surface area contributed by atoms with E-state index in [4.69, 9.17) is 11.6 Å². The Hall–Kier alpha value is -3.04. The Morgan fingerprint density at radius 2 is 1.52 bits per heavy atom. The number of fused-ring (bicyclic) bond motifs is 2. The van der Waals surface area contributed by atoms with Crippen molar-refractivity contribution in [3.8, 4) is 0 Å². The van der Waals surface area contributed by atoms with E-state index >= 15 is 0 Å². The fourth-order valence-electron chi connectivity index (χ4n) is 4.05. The van der Waals surface area contributed by atoms with Crippen LogP contribution in [0.4, 0.5) is 10.5 Å². The van der Waals surface area contributed by atoms with Gasteiger partial charge in [0.1, 0.15) is 0 Å². The lowest BCUT2D eigenvalue weighted by Gasteiger charge is -2.25. The third-order valence-corrected chi connectivity index (χ3v) is 6.07. The van der Waals surface area contributed by atoms with Crippen molar-refractivity contribution in [1.82, 2.24) is 4.90 Å². The van der Waals surface area contributed by atoms with Crippen LogP contribution in [0.25, 0.3) is 21.5 Å². The minimum atomic E-state index is -0.0813. The number of rotatable bonds is 6. The number of amides is 2. The fourth-order valence-corrected chi connectivity index (χ4v) is 4.38. The minimum absolute atomic E-state index is 0.0813. The molecule has 0 unspecified atom stereocenters. The van der Waals surface area contributed by atoms with E-state index in [0.29, 0.717) is 13.1 Å². The van der Waals surface area contributed by atoms with Gasteiger partial charge in [0.25, 0.3) is 0 Å². The van der Waals surface area contributed by atoms with Gasteiger partial charge in [0.15, 0.2) is 0 Å². The summed E-state index contributed by atoms with van der Waals surface area (Å²) in [6.45, 7) is 5.38. The Bertz CT molecular complexity index is 1180. The summed E-state index contributed by atoms with van der Waals surface area (Å²) in [6.07, 6.45) is 1.97. The molecule has 158 valence electrons. The molecule has 0 atom stereocenters. The number of nitrogens with zero attached hydrogens (tertiary/aromatic N) is 1. The minimum Gasteiger partial charge on any atom is -0.320 e. The van der Waals surface area contributed by atoms with Crippen LogP contribution in [0.5, 0.6) is 0 Å². The second-order valence-corrected chi connectivity index (χ2v) is 8.34. The molecule has 1 N–H and O–H groups in total. The molecule has 0 aromatic heterocycles. The summed E-state index contributed by atoms with van der Waals surface area (Å²) < 4.78 is 0. The smallest absolute Gasteiger partial charge is 0.320 e. The van der Waals surface area contributed by atoms with Crippen LogP contribution in [-0.2, 0) is 6.54 Å². The van der Waals surface area contributed by atoms with Crippen molar-refractivity contribution >= 4 is 44.9 Å². The number of unbranched alkanes of at least 4 members (excludes halogenated alkanes) is 1. The summed E-state index contributed by atoms with van der Waals surface area (Å²) in [6, 6.07) is 24.2. The highest BCUT2D eigenvalue weighted by molar-refractivity contribution is 6.41. The fraction of sp³-hybridized carbons (Fsp3) is 0.222. The molecule has 0 bridgehead atoms. The average molecular weight is 431 g/mol. The molecule has 0 saturated heterocycles. The van der Waals surface area contributed by atoms with Gasteiger partial charge in [-0.05, 0) is 47.4 Å². The monoisotopic (exact) mass is 430 g/mol. The molecule has 0 aliphatic rings. The Balaban J connectivity index is 1.75. The second kappa shape index (κ2) is 9.40. The van der Waals surface area contributed by atoms with E-state index in [9.17, 15) is 4.79 Å². The van der Waals surface area contributed by atoms with Crippen LogP contribution < -0.4 is 5.32 Å². The van der Waals surface area contributed by atoms with Crippen LogP contribution in [0, 0.1) is 6.92 Å². The summed E-state index contributed by atoms with van der Waals surface area (Å²) in [4.78, 5) is 15.2. The standard InChI is InChI=1S/C27H27ClN2O/c1-3-4-16-30(27(31)29-20-11-9-10-19(2)17-20)18-25-21-12-5-7-14-23(21)26(28)24-15-8-6-13-22(24)25/h5-15,17H,3-4,16,18H2,1-2H3,(H,29,31). The molecule has 0 heterocycles. The van der Waals surface area contributed by atoms with Crippen LogP contribution in [0.1, 0.15) is 30.9 Å². The summed E-state index contributed by atoms with van der Waals surface area (Å²) in [5.41, 5.74) is 3.07. The molecule has 4 heteroatoms. The highest BCUT2D eigenvalue weighted by Crippen LogP contribution is 2.36. The lowest BCUT2D eigenvalue weighted by Crippen LogP contribution is -2.35. The Labute approximate surface area is 188 Å². The number of urea groups is 1. The van der Waals surface area contributed by atoms with E-state index < -0.39 is 0 Å². The highest BCUT2D eigenvalue weighted by atomic mass is 35.5. The zero-order chi connectivity index (χ0) is 21.8. The Morgan fingerprint density at radius 1 is 0.903 bits per heavy atom. The molecule has 4 aromatic rings. The predicted octanol–water partition coefficient (Wildman–Crippen LogP) is 7.79. The normalized spacial score (nSPS) is 11.1. The van der Waals surface area contributed by atoms with E-state index in [1.54, 1.807) is 0 Å². The van der Waals surface area contributed by atoms with Gasteiger partial charge in [0.05, 0.1) is 5.02 Å². The van der Waals surface area contributed by atoms with Crippen molar-refractivity contribution in [2.45, 2.75) is 33.2 Å². The lowest BCUT2D eigenvalue weighted by atomic mass is 9.96. The van der Waals surface area contributed by atoms with Crippen molar-refractivity contribution in [2.24, 2.45) is 0 Å². The molecule has 0 aliphatic heterocycles. The van der Waals surface area contributed by atoms with Crippen molar-refractivity contribution in [3.05, 3.63) is 88.9 Å². The second-order valence-electron chi connectivity index (χ2n) is 7.96. The van der Waals surface area contributed by atoms with Gasteiger partial charge in [0, 0.05) is 29.5 Å². The first kappa shape index (κ1) is 21.2. The van der Waals surface area contributed by atoms with Crippen molar-refractivity contribution in [3.63, 3.8) is 0 Å². The quantitative estimate of drug-likeness (QED) is 0.311. The number of benzene rings is 4. The molecule has 4 rings (SSSR count). The number of hydrogen-bond acceptors (Lipinski definition) is 1. The van der Waals surface area contributed by atoms with Gasteiger partial charge in [-0.15, -0.1) is 0 Å². The van der Waals surface area contributed by atoms with E-state index in [2.05, 4.69) is 36.5 Å². The van der Waals surface area contributed by atoms with Crippen molar-refractivity contribution in [1.29, 1.82) is 0 Å². The molecule has 0 radical (unpaired) electrons. The zero-order valence-corrected chi connectivity index (χ0v) is 18.7. The third-order valence-electron chi connectivity index (χ3n) is 5.66. The Kier molecular flexibility index (Phi) is 6.43. The number of aryl methyl sites for hydroxylation is 1. The average Bonchev–Trinajstić information content (AvgIpc) is 2.78. The molecule has 31 heavy (non-hydrogen) atoms. The number of hydrogen-bond donors (Lipinski definition) is 1. The molecular weight excluding hydrogens is 404 g/mol. The molecule has 0 spiro atoms. The number of carbonyl (C=O) groups excluding carboxylic acids is 1. The van der Waals surface area contributed by atoms with Gasteiger partial charge >= 0.3 is 6.03 Å². The molecule has 0 aliphatic carbocycles. The molecule has 0 fully saturated rings. The first-order valence-electron chi connectivity index (χ1n) is 10.8. The molecule has 0 saturated carbocycles. The number of anilines is 1. The maximum absolute atomic E-state index is 13.3. The number of nitrogens with one attached hydrogen (secondary N) is 1. The highest BCUT2D eigenvalue weighted by Gasteiger charge is 2.19. The third kappa shape index (κ3) is 4.52. The molecule has 3 nitrogen and oxygen atoms in total. The zero-order valence-electron chi connectivity index (χ0n) is 18.0. The largest absolute Gasteiger partial charge is 0.322 e. The van der Waals surface area contributed by atoms with Crippen LogP contribution >= 0.6 is 11.6 Å². The molecular formula is C27H27ClN2O. The Morgan fingerprint density at radius 3 is 2.10 bits per heavy atom. The molecule has 4 aromatic carbocycles. The van der Waals surface area contributed by atoms with Crippen LogP contribution in [0.15, 0.2) is 72.8 Å². The summed E-state index contributed by atoms with van der Waals surface area (Å²) >= 11 is 6.76. The summed E-state index contributed by atoms with van der Waals surface area (Å²) in [7, 11) is 0. The van der Waals surface area contributed by atoms with Gasteiger partial charge < -0.3 is 10.2 Å². The van der Waals surface area contributed by atoms with E-state index in [0.717, 1.165) is 56.2 Å². The van der Waals surface area contributed by atoms with E-state index in [1.807, 2.05) is 60.4 Å². The SMILES string of the molecule is CCCCN(Cc1c2ccccc2c(Cl)c2ccccc12)C(=O)Nc1cccc(C)c1. The van der Waals surface area contributed by atoms with Gasteiger partial charge in [-0.2, -0.15) is 0 Å². The van der Waals surface area contributed by atoms with Crippen molar-refractivity contribution in [2.75, 3.05) is 11.9 Å². The lowest BCUT2D eigenvalue weighted by molar-refractivity contribution is 0.208. The van der Waals surface area contributed by atoms with Gasteiger partial charge in [-0.3, -0.25) is 0 Å². The van der Waals surface area contributed by atoms with Crippen LogP contribution in [0.2, 0.25) is 5.02 Å². The predicted molar refractivity (Wildman–Crippen MR) is 132 cm³/mol. The number of halogens is 1. The number of carbonyl (C=O) groups is 1. The van der Waals surface area contributed by atoms with Gasteiger partial charge in [-0.1, -0.05) is 85.6 Å². The van der Waals surface area contributed by atoms with E-state index in [-0.39, 0.29) is 6.03 Å². The topological polar surface area (TPSA) is 32.3 Å². The summed E-state index contributed by atoms with van der Waals surface area (Å²) in [5.74, 6) is 0. The van der Waals surface area contributed by atoms with Gasteiger partial charge in [-0.25, -0.2) is 4.79 Å². The first-order valence-corrected chi connectivity index (χ1v) is 11.2. The maximum atomic E-state index is 13.3. The maximum Gasteiger partial charge on any atom is 0.322 e. The van der Waals surface area contributed by atoms with Gasteiger partial charge in [0.2, 0.25) is 0 Å².